The van der Waals surface area contributed by atoms with E-state index in [1.165, 1.54) is 5.56 Å². The van der Waals surface area contributed by atoms with Gasteiger partial charge in [0.2, 0.25) is 0 Å². The van der Waals surface area contributed by atoms with Gasteiger partial charge in [-0.25, -0.2) is 9.48 Å². The quantitative estimate of drug-likeness (QED) is 0.941. The molecule has 1 aliphatic carbocycles. The monoisotopic (exact) mass is 284 g/mol. The Morgan fingerprint density at radius 3 is 2.90 bits per heavy atom. The van der Waals surface area contributed by atoms with Gasteiger partial charge in [0.05, 0.1) is 5.69 Å². The number of aromatic carboxylic acids is 1. The number of aryl methyl sites for hydroxylation is 1. The molecule has 1 atom stereocenters. The smallest absolute Gasteiger partial charge is 0.356 e. The number of aromatic nitrogens is 2. The molecule has 1 aromatic heterocycles. The second-order valence-corrected chi connectivity index (χ2v) is 5.82. The van der Waals surface area contributed by atoms with Gasteiger partial charge in [-0.3, -0.25) is 0 Å². The van der Waals surface area contributed by atoms with Crippen LogP contribution < -0.4 is 0 Å². The summed E-state index contributed by atoms with van der Waals surface area (Å²) in [5, 5.41) is 13.9. The summed E-state index contributed by atoms with van der Waals surface area (Å²) in [6, 6.07) is 8.10. The van der Waals surface area contributed by atoms with Crippen LogP contribution in [0.1, 0.15) is 47.6 Å². The second-order valence-electron chi connectivity index (χ2n) is 5.82. The lowest BCUT2D eigenvalue weighted by molar-refractivity contribution is 0.0688. The van der Waals surface area contributed by atoms with Gasteiger partial charge in [-0.05, 0) is 43.2 Å². The summed E-state index contributed by atoms with van der Waals surface area (Å²) in [6.07, 6.45) is 3.70. The lowest BCUT2D eigenvalue weighted by Gasteiger charge is -2.20. The Kier molecular flexibility index (Phi) is 3.53. The summed E-state index contributed by atoms with van der Waals surface area (Å²) in [5.41, 5.74) is 4.43. The molecule has 0 saturated carbocycles. The normalized spacial score (nSPS) is 17.5. The molecule has 0 spiro atoms. The highest BCUT2D eigenvalue weighted by molar-refractivity contribution is 5.87. The highest BCUT2D eigenvalue weighted by Gasteiger charge is 2.28. The predicted octanol–water partition coefficient (Wildman–Crippen LogP) is 3.26. The van der Waals surface area contributed by atoms with Gasteiger partial charge in [-0.1, -0.05) is 32.0 Å². The van der Waals surface area contributed by atoms with Gasteiger partial charge in [0.25, 0.3) is 0 Å². The van der Waals surface area contributed by atoms with Crippen LogP contribution in [0, 0.1) is 5.92 Å². The molecule has 2 aromatic rings. The maximum Gasteiger partial charge on any atom is 0.356 e. The van der Waals surface area contributed by atoms with Gasteiger partial charge < -0.3 is 5.11 Å². The van der Waals surface area contributed by atoms with E-state index in [2.05, 4.69) is 25.0 Å². The van der Waals surface area contributed by atoms with Crippen molar-refractivity contribution in [2.75, 3.05) is 0 Å². The molecule has 1 unspecified atom stereocenters. The van der Waals surface area contributed by atoms with E-state index in [0.717, 1.165) is 42.6 Å². The summed E-state index contributed by atoms with van der Waals surface area (Å²) in [4.78, 5) is 11.5. The molecule has 4 heteroatoms. The maximum absolute atomic E-state index is 11.5. The Morgan fingerprint density at radius 2 is 2.19 bits per heavy atom. The minimum atomic E-state index is -0.923. The van der Waals surface area contributed by atoms with E-state index in [0.29, 0.717) is 5.92 Å². The molecular formula is C17H20N2O2. The Labute approximate surface area is 124 Å². The molecule has 4 nitrogen and oxygen atoms in total. The van der Waals surface area contributed by atoms with Gasteiger partial charge in [0.15, 0.2) is 5.69 Å². The molecule has 21 heavy (non-hydrogen) atoms. The van der Waals surface area contributed by atoms with Gasteiger partial charge >= 0.3 is 5.97 Å². The fourth-order valence-corrected chi connectivity index (χ4v) is 3.18. The van der Waals surface area contributed by atoms with E-state index < -0.39 is 5.97 Å². The zero-order valence-corrected chi connectivity index (χ0v) is 12.5. The van der Waals surface area contributed by atoms with Crippen molar-refractivity contribution in [1.29, 1.82) is 0 Å². The van der Waals surface area contributed by atoms with Crippen LogP contribution in [0.5, 0.6) is 0 Å². The van der Waals surface area contributed by atoms with E-state index in [1.54, 1.807) is 0 Å². The van der Waals surface area contributed by atoms with Gasteiger partial charge in [-0.2, -0.15) is 5.10 Å². The number of carboxylic acids is 1. The van der Waals surface area contributed by atoms with Crippen LogP contribution in [0.4, 0.5) is 0 Å². The molecule has 0 aliphatic heterocycles. The maximum atomic E-state index is 11.5. The molecule has 0 bridgehead atoms. The molecule has 3 rings (SSSR count). The zero-order chi connectivity index (χ0) is 15.0. The van der Waals surface area contributed by atoms with E-state index in [1.807, 2.05) is 22.9 Å². The molecule has 1 N–H and O–H groups in total. The molecular weight excluding hydrogens is 264 g/mol. The van der Waals surface area contributed by atoms with E-state index in [9.17, 15) is 9.90 Å². The van der Waals surface area contributed by atoms with Crippen molar-refractivity contribution in [3.8, 4) is 5.69 Å². The first-order chi connectivity index (χ1) is 10.1. The summed E-state index contributed by atoms with van der Waals surface area (Å²) in [6.45, 7) is 4.28. The zero-order valence-electron chi connectivity index (χ0n) is 12.5. The SMILES string of the molecule is CCc1ccccc1-n1nc(C(=O)O)c2c1CCC(C)C2. The molecule has 1 aliphatic rings. The highest BCUT2D eigenvalue weighted by Crippen LogP contribution is 2.30. The lowest BCUT2D eigenvalue weighted by atomic mass is 9.87. The van der Waals surface area contributed by atoms with Crippen molar-refractivity contribution in [2.24, 2.45) is 5.92 Å². The topological polar surface area (TPSA) is 55.1 Å². The number of nitrogens with zero attached hydrogens (tertiary/aromatic N) is 2. The van der Waals surface area contributed by atoms with Crippen molar-refractivity contribution < 1.29 is 9.90 Å². The highest BCUT2D eigenvalue weighted by atomic mass is 16.4. The minimum absolute atomic E-state index is 0.224. The number of para-hydroxylation sites is 1. The molecule has 1 aromatic carbocycles. The summed E-state index contributed by atoms with van der Waals surface area (Å²) < 4.78 is 1.86. The van der Waals surface area contributed by atoms with Gasteiger partial charge in [0, 0.05) is 11.3 Å². The number of hydrogen-bond donors (Lipinski definition) is 1. The van der Waals surface area contributed by atoms with Crippen LogP contribution in [0.15, 0.2) is 24.3 Å². The third-order valence-electron chi connectivity index (χ3n) is 4.32. The van der Waals surface area contributed by atoms with Crippen molar-refractivity contribution in [3.05, 3.63) is 46.8 Å². The summed E-state index contributed by atoms with van der Waals surface area (Å²) in [5.74, 6) is -0.400. The van der Waals surface area contributed by atoms with Crippen LogP contribution in [0.2, 0.25) is 0 Å². The predicted molar refractivity (Wildman–Crippen MR) is 81.1 cm³/mol. The fraction of sp³-hybridized carbons (Fsp3) is 0.412. The van der Waals surface area contributed by atoms with Crippen molar-refractivity contribution in [1.82, 2.24) is 9.78 Å². The first-order valence-electron chi connectivity index (χ1n) is 7.54. The Hall–Kier alpha value is -2.10. The summed E-state index contributed by atoms with van der Waals surface area (Å²) in [7, 11) is 0. The Bertz CT molecular complexity index is 688. The first kappa shape index (κ1) is 13.9. The largest absolute Gasteiger partial charge is 0.476 e. The molecule has 0 fully saturated rings. The fourth-order valence-electron chi connectivity index (χ4n) is 3.18. The number of hydrogen-bond acceptors (Lipinski definition) is 2. The number of carboxylic acid groups (broad SMARTS) is 1. The van der Waals surface area contributed by atoms with E-state index in [4.69, 9.17) is 0 Å². The van der Waals surface area contributed by atoms with Crippen molar-refractivity contribution >= 4 is 5.97 Å². The third-order valence-corrected chi connectivity index (χ3v) is 4.32. The van der Waals surface area contributed by atoms with Gasteiger partial charge in [-0.15, -0.1) is 0 Å². The number of carbonyl (C=O) groups is 1. The standard InChI is InChI=1S/C17H20N2O2/c1-3-12-6-4-5-7-14(12)19-15-9-8-11(2)10-13(15)16(18-19)17(20)21/h4-7,11H,3,8-10H2,1-2H3,(H,20,21). The molecule has 0 saturated heterocycles. The van der Waals surface area contributed by atoms with Crippen LogP contribution in [0.25, 0.3) is 5.69 Å². The lowest BCUT2D eigenvalue weighted by Crippen LogP contribution is -2.15. The average Bonchev–Trinajstić information content (AvgIpc) is 2.85. The first-order valence-corrected chi connectivity index (χ1v) is 7.54. The number of benzene rings is 1. The van der Waals surface area contributed by atoms with Crippen molar-refractivity contribution in [3.63, 3.8) is 0 Å². The Morgan fingerprint density at radius 1 is 1.43 bits per heavy atom. The van der Waals surface area contributed by atoms with Crippen LogP contribution in [-0.2, 0) is 19.3 Å². The van der Waals surface area contributed by atoms with Crippen LogP contribution >= 0.6 is 0 Å². The summed E-state index contributed by atoms with van der Waals surface area (Å²) >= 11 is 0. The van der Waals surface area contributed by atoms with E-state index >= 15 is 0 Å². The number of fused-ring (bicyclic) bond motifs is 1. The molecule has 0 radical (unpaired) electrons. The van der Waals surface area contributed by atoms with Crippen molar-refractivity contribution in [2.45, 2.75) is 39.5 Å². The van der Waals surface area contributed by atoms with Crippen LogP contribution in [0.3, 0.4) is 0 Å². The third kappa shape index (κ3) is 2.35. The van der Waals surface area contributed by atoms with Crippen LogP contribution in [-0.4, -0.2) is 20.9 Å². The minimum Gasteiger partial charge on any atom is -0.476 e. The molecule has 1 heterocycles. The Balaban J connectivity index is 2.20. The molecule has 110 valence electrons. The number of rotatable bonds is 3. The average molecular weight is 284 g/mol. The van der Waals surface area contributed by atoms with Gasteiger partial charge in [0.1, 0.15) is 0 Å². The molecule has 0 amide bonds. The van der Waals surface area contributed by atoms with E-state index in [-0.39, 0.29) is 5.69 Å². The second kappa shape index (κ2) is 5.35.